The average Bonchev–Trinajstić information content (AvgIpc) is 2.31. The van der Waals surface area contributed by atoms with Gasteiger partial charge in [0.2, 0.25) is 0 Å². The van der Waals surface area contributed by atoms with Crippen molar-refractivity contribution in [2.45, 2.75) is 11.8 Å². The lowest BCUT2D eigenvalue weighted by molar-refractivity contribution is 0.614. The molecule has 2 aromatic rings. The summed E-state index contributed by atoms with van der Waals surface area (Å²) >= 11 is 3.29. The molecule has 1 radical (unpaired) electrons. The van der Waals surface area contributed by atoms with Crippen molar-refractivity contribution in [1.82, 2.24) is 0 Å². The predicted octanol–water partition coefficient (Wildman–Crippen LogP) is 3.21. The van der Waals surface area contributed by atoms with Gasteiger partial charge in [-0.3, -0.25) is 0 Å². The molecule has 4 heteroatoms. The highest BCUT2D eigenvalue weighted by Gasteiger charge is 1.90. The highest BCUT2D eigenvalue weighted by molar-refractivity contribution is 9.10. The van der Waals surface area contributed by atoms with Gasteiger partial charge in [-0.25, -0.2) is 8.42 Å². The SMILES string of the molecule is Brc1cc[c]cc1.Cc1ccc([SH](=O)=O)cc1. The van der Waals surface area contributed by atoms with Crippen molar-refractivity contribution < 1.29 is 8.42 Å². The molecule has 0 heterocycles. The fourth-order valence-electron chi connectivity index (χ4n) is 1.03. The van der Waals surface area contributed by atoms with Crippen molar-refractivity contribution in [1.29, 1.82) is 0 Å². The van der Waals surface area contributed by atoms with Crippen LogP contribution in [0.5, 0.6) is 0 Å². The lowest BCUT2D eigenvalue weighted by atomic mass is 10.2. The van der Waals surface area contributed by atoms with E-state index in [1.54, 1.807) is 24.3 Å². The second-order valence-corrected chi connectivity index (χ2v) is 5.26. The molecule has 0 amide bonds. The summed E-state index contributed by atoms with van der Waals surface area (Å²) in [7, 11) is -2.41. The fraction of sp³-hybridized carbons (Fsp3) is 0.0769. The van der Waals surface area contributed by atoms with Gasteiger partial charge in [0, 0.05) is 4.47 Å². The fourth-order valence-corrected chi connectivity index (χ4v) is 1.69. The van der Waals surface area contributed by atoms with Gasteiger partial charge in [0.15, 0.2) is 10.7 Å². The van der Waals surface area contributed by atoms with Crippen molar-refractivity contribution in [3.05, 3.63) is 64.6 Å². The monoisotopic (exact) mass is 311 g/mol. The first-order valence-corrected chi connectivity index (χ1v) is 6.89. The molecule has 0 aliphatic carbocycles. The summed E-state index contributed by atoms with van der Waals surface area (Å²) in [5, 5.41) is 0. The Labute approximate surface area is 111 Å². The Hall–Kier alpha value is -1.13. The zero-order valence-electron chi connectivity index (χ0n) is 9.26. The molecule has 0 spiro atoms. The van der Waals surface area contributed by atoms with Crippen molar-refractivity contribution in [2.75, 3.05) is 0 Å². The van der Waals surface area contributed by atoms with E-state index in [4.69, 9.17) is 0 Å². The summed E-state index contributed by atoms with van der Waals surface area (Å²) < 4.78 is 21.8. The van der Waals surface area contributed by atoms with Crippen molar-refractivity contribution >= 4 is 26.6 Å². The zero-order chi connectivity index (χ0) is 12.7. The molecule has 0 aromatic heterocycles. The van der Waals surface area contributed by atoms with Crippen LogP contribution in [0.3, 0.4) is 0 Å². The van der Waals surface area contributed by atoms with Crippen LogP contribution in [-0.2, 0) is 10.7 Å². The van der Waals surface area contributed by atoms with Crippen LogP contribution in [-0.4, -0.2) is 8.42 Å². The summed E-state index contributed by atoms with van der Waals surface area (Å²) in [6.07, 6.45) is 0. The van der Waals surface area contributed by atoms with Gasteiger partial charge in [-0.15, -0.1) is 0 Å². The molecule has 0 unspecified atom stereocenters. The normalized spacial score (nSPS) is 9.59. The highest BCUT2D eigenvalue weighted by Crippen LogP contribution is 2.05. The predicted molar refractivity (Wildman–Crippen MR) is 72.7 cm³/mol. The van der Waals surface area contributed by atoms with Crippen LogP contribution in [0, 0.1) is 13.0 Å². The van der Waals surface area contributed by atoms with Gasteiger partial charge >= 0.3 is 0 Å². The third-order valence-corrected chi connectivity index (χ3v) is 3.17. The molecule has 0 atom stereocenters. The molecule has 17 heavy (non-hydrogen) atoms. The quantitative estimate of drug-likeness (QED) is 0.821. The van der Waals surface area contributed by atoms with Crippen LogP contribution < -0.4 is 0 Å². The number of halogens is 1. The van der Waals surface area contributed by atoms with Crippen LogP contribution in [0.1, 0.15) is 5.56 Å². The van der Waals surface area contributed by atoms with E-state index in [0.29, 0.717) is 4.90 Å². The van der Waals surface area contributed by atoms with Crippen LogP contribution in [0.15, 0.2) is 57.9 Å². The van der Waals surface area contributed by atoms with E-state index in [1.807, 2.05) is 31.2 Å². The van der Waals surface area contributed by atoms with E-state index < -0.39 is 10.7 Å². The Morgan fingerprint density at radius 3 is 1.88 bits per heavy atom. The third kappa shape index (κ3) is 5.65. The van der Waals surface area contributed by atoms with E-state index in [1.165, 1.54) is 0 Å². The molecule has 0 fully saturated rings. The molecule has 0 bridgehead atoms. The maximum absolute atomic E-state index is 10.3. The first-order valence-electron chi connectivity index (χ1n) is 4.92. The topological polar surface area (TPSA) is 34.1 Å². The Bertz CT molecular complexity index is 511. The number of benzene rings is 2. The van der Waals surface area contributed by atoms with E-state index in [-0.39, 0.29) is 0 Å². The highest BCUT2D eigenvalue weighted by atomic mass is 79.9. The molecule has 0 N–H and O–H groups in total. The Morgan fingerprint density at radius 2 is 1.53 bits per heavy atom. The molecule has 0 saturated heterocycles. The van der Waals surface area contributed by atoms with Gasteiger partial charge in [-0.1, -0.05) is 45.8 Å². The summed E-state index contributed by atoms with van der Waals surface area (Å²) in [4.78, 5) is 0.376. The second-order valence-electron chi connectivity index (χ2n) is 3.31. The summed E-state index contributed by atoms with van der Waals surface area (Å²) in [6.45, 7) is 1.92. The number of rotatable bonds is 1. The van der Waals surface area contributed by atoms with Crippen LogP contribution in [0.4, 0.5) is 0 Å². The van der Waals surface area contributed by atoms with E-state index in [2.05, 4.69) is 22.0 Å². The number of hydrogen-bond acceptors (Lipinski definition) is 2. The summed E-state index contributed by atoms with van der Waals surface area (Å²) in [6, 6.07) is 17.3. The summed E-state index contributed by atoms with van der Waals surface area (Å²) in [5.74, 6) is 0. The molecule has 0 aliphatic rings. The van der Waals surface area contributed by atoms with Gasteiger partial charge in [0.25, 0.3) is 0 Å². The number of aryl methyl sites for hydroxylation is 1. The van der Waals surface area contributed by atoms with Crippen molar-refractivity contribution in [3.63, 3.8) is 0 Å². The first-order chi connectivity index (χ1) is 8.09. The molecule has 89 valence electrons. The minimum absolute atomic E-state index is 0.376. The standard InChI is InChI=1S/C7H8O2S.C6H4Br/c1-6-2-4-7(5-3-6)10(8)9;7-6-4-2-1-3-5-6/h2-5,10H,1H3;2-5H. The minimum Gasteiger partial charge on any atom is -0.227 e. The molecule has 0 aliphatic heterocycles. The first kappa shape index (κ1) is 13.9. The molecular formula is C13H12BrO2S. The van der Waals surface area contributed by atoms with Gasteiger partial charge in [0.1, 0.15) is 0 Å². The summed E-state index contributed by atoms with van der Waals surface area (Å²) in [5.41, 5.74) is 1.07. The van der Waals surface area contributed by atoms with Gasteiger partial charge in [0.05, 0.1) is 4.90 Å². The van der Waals surface area contributed by atoms with E-state index in [0.717, 1.165) is 10.0 Å². The van der Waals surface area contributed by atoms with Crippen LogP contribution in [0.2, 0.25) is 0 Å². The molecular weight excluding hydrogens is 300 g/mol. The zero-order valence-corrected chi connectivity index (χ0v) is 11.7. The molecule has 2 nitrogen and oxygen atoms in total. The maximum Gasteiger partial charge on any atom is 0.168 e. The van der Waals surface area contributed by atoms with Gasteiger partial charge < -0.3 is 0 Å². The van der Waals surface area contributed by atoms with Crippen LogP contribution in [0.25, 0.3) is 0 Å². The average molecular weight is 312 g/mol. The van der Waals surface area contributed by atoms with E-state index in [9.17, 15) is 8.42 Å². The maximum atomic E-state index is 10.3. The van der Waals surface area contributed by atoms with Gasteiger partial charge in [-0.05, 0) is 37.3 Å². The minimum atomic E-state index is -2.41. The third-order valence-electron chi connectivity index (χ3n) is 1.92. The molecule has 0 saturated carbocycles. The Balaban J connectivity index is 0.000000181. The van der Waals surface area contributed by atoms with E-state index >= 15 is 0 Å². The molecule has 2 rings (SSSR count). The second kappa shape index (κ2) is 7.25. The van der Waals surface area contributed by atoms with Crippen LogP contribution >= 0.6 is 15.9 Å². The smallest absolute Gasteiger partial charge is 0.168 e. The van der Waals surface area contributed by atoms with Gasteiger partial charge in [-0.2, -0.15) is 0 Å². The van der Waals surface area contributed by atoms with Crippen molar-refractivity contribution in [2.24, 2.45) is 0 Å². The number of hydrogen-bond donors (Lipinski definition) is 1. The largest absolute Gasteiger partial charge is 0.227 e. The van der Waals surface area contributed by atoms with Crippen molar-refractivity contribution in [3.8, 4) is 0 Å². The lowest BCUT2D eigenvalue weighted by Crippen LogP contribution is -1.78. The Kier molecular flexibility index (Phi) is 5.94. The number of thiol groups is 1. The lowest BCUT2D eigenvalue weighted by Gasteiger charge is -1.90. The molecule has 2 aromatic carbocycles. The Morgan fingerprint density at radius 1 is 1.00 bits per heavy atom.